The summed E-state index contributed by atoms with van der Waals surface area (Å²) < 4.78 is 0. The average molecular weight is 245 g/mol. The molecule has 0 bridgehead atoms. The molecule has 0 aliphatic heterocycles. The summed E-state index contributed by atoms with van der Waals surface area (Å²) in [6.07, 6.45) is 6.57. The number of carbonyl (C=O) groups excluding carboxylic acids is 1. The molecule has 2 aliphatic carbocycles. The van der Waals surface area contributed by atoms with Crippen LogP contribution in [0.25, 0.3) is 0 Å². The number of carbonyl (C=O) groups is 1. The van der Waals surface area contributed by atoms with Crippen LogP contribution in [0.5, 0.6) is 0 Å². The number of hydrogen-bond donors (Lipinski definition) is 1. The lowest BCUT2D eigenvalue weighted by molar-refractivity contribution is 0.0729. The molecular formula is C14H19N3O. The van der Waals surface area contributed by atoms with E-state index in [0.29, 0.717) is 11.7 Å². The molecule has 3 rings (SSSR count). The van der Waals surface area contributed by atoms with E-state index in [1.54, 1.807) is 6.20 Å². The Labute approximate surface area is 107 Å². The number of amides is 1. The SMILES string of the molecule is CNc1ccnc(C(=O)N(CC2CC2)C2CC2)c1. The van der Waals surface area contributed by atoms with Crippen LogP contribution in [-0.2, 0) is 0 Å². The van der Waals surface area contributed by atoms with Crippen LogP contribution >= 0.6 is 0 Å². The number of hydrogen-bond acceptors (Lipinski definition) is 3. The third-order valence-corrected chi connectivity index (χ3v) is 3.67. The van der Waals surface area contributed by atoms with Gasteiger partial charge >= 0.3 is 0 Å². The lowest BCUT2D eigenvalue weighted by atomic mass is 10.2. The van der Waals surface area contributed by atoms with Gasteiger partial charge in [-0.25, -0.2) is 0 Å². The Morgan fingerprint density at radius 2 is 2.22 bits per heavy atom. The summed E-state index contributed by atoms with van der Waals surface area (Å²) in [6.45, 7) is 0.926. The summed E-state index contributed by atoms with van der Waals surface area (Å²) in [4.78, 5) is 18.7. The Hall–Kier alpha value is -1.58. The van der Waals surface area contributed by atoms with Gasteiger partial charge < -0.3 is 10.2 Å². The molecule has 1 heterocycles. The van der Waals surface area contributed by atoms with Crippen LogP contribution < -0.4 is 5.32 Å². The predicted molar refractivity (Wildman–Crippen MR) is 70.6 cm³/mol. The summed E-state index contributed by atoms with van der Waals surface area (Å²) >= 11 is 0. The molecule has 1 aromatic rings. The first-order chi connectivity index (χ1) is 8.78. The van der Waals surface area contributed by atoms with Gasteiger partial charge in [0.2, 0.25) is 0 Å². The van der Waals surface area contributed by atoms with Gasteiger partial charge in [0.05, 0.1) is 0 Å². The summed E-state index contributed by atoms with van der Waals surface area (Å²) in [5.41, 5.74) is 1.50. The molecule has 0 atom stereocenters. The van der Waals surface area contributed by atoms with Gasteiger partial charge in [0.15, 0.2) is 0 Å². The highest BCUT2D eigenvalue weighted by Gasteiger charge is 2.37. The maximum atomic E-state index is 12.5. The molecule has 4 heteroatoms. The predicted octanol–water partition coefficient (Wildman–Crippen LogP) is 2.14. The quantitative estimate of drug-likeness (QED) is 0.864. The second-order valence-corrected chi connectivity index (χ2v) is 5.31. The Bertz CT molecular complexity index is 452. The van der Waals surface area contributed by atoms with E-state index in [1.165, 1.54) is 12.8 Å². The Kier molecular flexibility index (Phi) is 2.94. The topological polar surface area (TPSA) is 45.2 Å². The molecule has 0 saturated heterocycles. The molecule has 18 heavy (non-hydrogen) atoms. The van der Waals surface area contributed by atoms with Crippen molar-refractivity contribution in [3.8, 4) is 0 Å². The minimum absolute atomic E-state index is 0.0986. The first-order valence-corrected chi connectivity index (χ1v) is 6.72. The van der Waals surface area contributed by atoms with Crippen LogP contribution in [0.3, 0.4) is 0 Å². The molecule has 1 amide bonds. The molecule has 2 aliphatic rings. The van der Waals surface area contributed by atoms with E-state index in [0.717, 1.165) is 31.0 Å². The normalized spacial score (nSPS) is 18.5. The number of anilines is 1. The van der Waals surface area contributed by atoms with Crippen molar-refractivity contribution in [2.75, 3.05) is 18.9 Å². The minimum Gasteiger partial charge on any atom is -0.388 e. The highest BCUT2D eigenvalue weighted by atomic mass is 16.2. The first kappa shape index (κ1) is 11.5. The van der Waals surface area contributed by atoms with Gasteiger partial charge in [-0.05, 0) is 43.7 Å². The second-order valence-electron chi connectivity index (χ2n) is 5.31. The number of nitrogens with one attached hydrogen (secondary N) is 1. The fourth-order valence-corrected chi connectivity index (χ4v) is 2.21. The number of pyridine rings is 1. The van der Waals surface area contributed by atoms with Crippen LogP contribution in [-0.4, -0.2) is 35.4 Å². The largest absolute Gasteiger partial charge is 0.388 e. The van der Waals surface area contributed by atoms with E-state index in [-0.39, 0.29) is 5.91 Å². The van der Waals surface area contributed by atoms with E-state index in [2.05, 4.69) is 10.3 Å². The maximum Gasteiger partial charge on any atom is 0.272 e. The molecule has 1 N–H and O–H groups in total. The minimum atomic E-state index is 0.0986. The summed E-state index contributed by atoms with van der Waals surface area (Å²) in [5, 5.41) is 3.05. The monoisotopic (exact) mass is 245 g/mol. The molecule has 0 unspecified atom stereocenters. The average Bonchev–Trinajstić information content (AvgIpc) is 3.28. The molecule has 2 saturated carbocycles. The molecule has 2 fully saturated rings. The summed E-state index contributed by atoms with van der Waals surface area (Å²) in [5.74, 6) is 0.837. The number of nitrogens with zero attached hydrogens (tertiary/aromatic N) is 2. The zero-order valence-electron chi connectivity index (χ0n) is 10.7. The summed E-state index contributed by atoms with van der Waals surface area (Å²) in [7, 11) is 1.85. The lowest BCUT2D eigenvalue weighted by Crippen LogP contribution is -2.35. The van der Waals surface area contributed by atoms with Gasteiger partial charge in [-0.1, -0.05) is 0 Å². The molecule has 0 radical (unpaired) electrons. The van der Waals surface area contributed by atoms with E-state index >= 15 is 0 Å². The van der Waals surface area contributed by atoms with Crippen molar-refractivity contribution in [2.24, 2.45) is 5.92 Å². The van der Waals surface area contributed by atoms with Gasteiger partial charge in [-0.15, -0.1) is 0 Å². The van der Waals surface area contributed by atoms with Crippen molar-refractivity contribution in [1.29, 1.82) is 0 Å². The molecule has 0 spiro atoms. The fraction of sp³-hybridized carbons (Fsp3) is 0.571. The van der Waals surface area contributed by atoms with Crippen molar-refractivity contribution in [1.82, 2.24) is 9.88 Å². The van der Waals surface area contributed by atoms with E-state index in [1.807, 2.05) is 24.1 Å². The fourth-order valence-electron chi connectivity index (χ4n) is 2.21. The van der Waals surface area contributed by atoms with E-state index < -0.39 is 0 Å². The van der Waals surface area contributed by atoms with Crippen molar-refractivity contribution in [3.63, 3.8) is 0 Å². The first-order valence-electron chi connectivity index (χ1n) is 6.72. The smallest absolute Gasteiger partial charge is 0.272 e. The molecule has 96 valence electrons. The van der Waals surface area contributed by atoms with E-state index in [4.69, 9.17) is 0 Å². The van der Waals surface area contributed by atoms with Crippen molar-refractivity contribution in [2.45, 2.75) is 31.7 Å². The molecular weight excluding hydrogens is 226 g/mol. The standard InChI is InChI=1S/C14H19N3O/c1-15-11-6-7-16-13(8-11)14(18)17(12-4-5-12)9-10-2-3-10/h6-8,10,12H,2-5,9H2,1H3,(H,15,16). The van der Waals surface area contributed by atoms with Crippen molar-refractivity contribution >= 4 is 11.6 Å². The van der Waals surface area contributed by atoms with Crippen LogP contribution in [0, 0.1) is 5.92 Å². The zero-order valence-corrected chi connectivity index (χ0v) is 10.7. The van der Waals surface area contributed by atoms with Gasteiger partial charge in [0.1, 0.15) is 5.69 Å². The van der Waals surface area contributed by atoms with Crippen LogP contribution in [0.4, 0.5) is 5.69 Å². The van der Waals surface area contributed by atoms with Gasteiger partial charge in [0.25, 0.3) is 5.91 Å². The molecule has 0 aromatic carbocycles. The van der Waals surface area contributed by atoms with Gasteiger partial charge in [-0.3, -0.25) is 9.78 Å². The maximum absolute atomic E-state index is 12.5. The van der Waals surface area contributed by atoms with Crippen molar-refractivity contribution in [3.05, 3.63) is 24.0 Å². The van der Waals surface area contributed by atoms with Gasteiger partial charge in [0, 0.05) is 31.5 Å². The third-order valence-electron chi connectivity index (χ3n) is 3.67. The third kappa shape index (κ3) is 2.47. The molecule has 4 nitrogen and oxygen atoms in total. The Balaban J connectivity index is 1.77. The highest BCUT2D eigenvalue weighted by Crippen LogP contribution is 2.35. The van der Waals surface area contributed by atoms with Crippen molar-refractivity contribution < 1.29 is 4.79 Å². The van der Waals surface area contributed by atoms with Gasteiger partial charge in [-0.2, -0.15) is 0 Å². The highest BCUT2D eigenvalue weighted by molar-refractivity contribution is 5.93. The lowest BCUT2D eigenvalue weighted by Gasteiger charge is -2.22. The Morgan fingerprint density at radius 1 is 1.44 bits per heavy atom. The van der Waals surface area contributed by atoms with Crippen LogP contribution in [0.1, 0.15) is 36.2 Å². The number of rotatable bonds is 5. The summed E-state index contributed by atoms with van der Waals surface area (Å²) in [6, 6.07) is 4.18. The van der Waals surface area contributed by atoms with Crippen LogP contribution in [0.15, 0.2) is 18.3 Å². The van der Waals surface area contributed by atoms with Crippen LogP contribution in [0.2, 0.25) is 0 Å². The number of aromatic nitrogens is 1. The molecule has 1 aromatic heterocycles. The second kappa shape index (κ2) is 4.59. The van der Waals surface area contributed by atoms with E-state index in [9.17, 15) is 4.79 Å². The Morgan fingerprint density at radius 3 is 2.83 bits per heavy atom. The zero-order chi connectivity index (χ0) is 12.5.